The molecule has 0 spiro atoms. The van der Waals surface area contributed by atoms with Gasteiger partial charge in [-0.25, -0.2) is 4.98 Å². The highest BCUT2D eigenvalue weighted by Gasteiger charge is 2.37. The van der Waals surface area contributed by atoms with Crippen LogP contribution < -0.4 is 5.32 Å². The van der Waals surface area contributed by atoms with Gasteiger partial charge in [0.05, 0.1) is 23.3 Å². The van der Waals surface area contributed by atoms with Crippen LogP contribution in [0.2, 0.25) is 0 Å². The van der Waals surface area contributed by atoms with Gasteiger partial charge in [-0.2, -0.15) is 0 Å². The SMILES string of the molecule is Cc1ncsc1CN(C)C(=O)C(C)(C)N1CCNCC1. The summed E-state index contributed by atoms with van der Waals surface area (Å²) >= 11 is 1.61. The number of amides is 1. The molecule has 1 aromatic heterocycles. The van der Waals surface area contributed by atoms with E-state index < -0.39 is 5.54 Å². The van der Waals surface area contributed by atoms with Crippen LogP contribution in [0.4, 0.5) is 0 Å². The van der Waals surface area contributed by atoms with Crippen molar-refractivity contribution in [3.63, 3.8) is 0 Å². The number of aromatic nitrogens is 1. The molecule has 0 atom stereocenters. The molecule has 20 heavy (non-hydrogen) atoms. The van der Waals surface area contributed by atoms with E-state index in [-0.39, 0.29) is 5.91 Å². The van der Waals surface area contributed by atoms with Crippen LogP contribution in [-0.2, 0) is 11.3 Å². The van der Waals surface area contributed by atoms with Gasteiger partial charge in [0, 0.05) is 38.1 Å². The summed E-state index contributed by atoms with van der Waals surface area (Å²) in [6.07, 6.45) is 0. The molecule has 0 bridgehead atoms. The van der Waals surface area contributed by atoms with Crippen molar-refractivity contribution in [2.45, 2.75) is 32.9 Å². The molecule has 0 aliphatic carbocycles. The van der Waals surface area contributed by atoms with Gasteiger partial charge in [0.1, 0.15) is 0 Å². The summed E-state index contributed by atoms with van der Waals surface area (Å²) in [7, 11) is 1.88. The highest BCUT2D eigenvalue weighted by Crippen LogP contribution is 2.21. The first-order valence-corrected chi connectivity index (χ1v) is 7.91. The van der Waals surface area contributed by atoms with Crippen molar-refractivity contribution in [2.24, 2.45) is 0 Å². The summed E-state index contributed by atoms with van der Waals surface area (Å²) in [6.45, 7) is 10.4. The van der Waals surface area contributed by atoms with E-state index >= 15 is 0 Å². The molecule has 1 aliphatic rings. The molecular weight excluding hydrogens is 272 g/mol. The molecule has 1 aliphatic heterocycles. The summed E-state index contributed by atoms with van der Waals surface area (Å²) in [5.41, 5.74) is 2.41. The van der Waals surface area contributed by atoms with Crippen molar-refractivity contribution in [3.05, 3.63) is 16.1 Å². The lowest BCUT2D eigenvalue weighted by atomic mass is 9.99. The Bertz CT molecular complexity index is 465. The van der Waals surface area contributed by atoms with Crippen molar-refractivity contribution < 1.29 is 4.79 Å². The molecule has 112 valence electrons. The van der Waals surface area contributed by atoms with Crippen LogP contribution in [0.15, 0.2) is 5.51 Å². The van der Waals surface area contributed by atoms with Gasteiger partial charge >= 0.3 is 0 Å². The zero-order valence-electron chi connectivity index (χ0n) is 12.8. The fraction of sp³-hybridized carbons (Fsp3) is 0.714. The number of carbonyl (C=O) groups is 1. The summed E-state index contributed by atoms with van der Waals surface area (Å²) in [4.78, 5) is 22.2. The van der Waals surface area contributed by atoms with E-state index in [4.69, 9.17) is 0 Å². The largest absolute Gasteiger partial charge is 0.339 e. The number of nitrogens with zero attached hydrogens (tertiary/aromatic N) is 3. The number of likely N-dealkylation sites (N-methyl/N-ethyl adjacent to an activating group) is 1. The molecule has 2 heterocycles. The predicted molar refractivity (Wildman–Crippen MR) is 81.8 cm³/mol. The third-order valence-corrected chi connectivity index (χ3v) is 4.92. The number of aryl methyl sites for hydroxylation is 1. The first kappa shape index (κ1) is 15.4. The Labute approximate surface area is 125 Å². The van der Waals surface area contributed by atoms with E-state index in [1.807, 2.05) is 38.2 Å². The van der Waals surface area contributed by atoms with Gasteiger partial charge in [0.15, 0.2) is 0 Å². The van der Waals surface area contributed by atoms with Gasteiger partial charge < -0.3 is 10.2 Å². The monoisotopic (exact) mass is 296 g/mol. The van der Waals surface area contributed by atoms with Gasteiger partial charge in [-0.3, -0.25) is 9.69 Å². The number of hydrogen-bond donors (Lipinski definition) is 1. The first-order valence-electron chi connectivity index (χ1n) is 7.03. The number of thiazole rings is 1. The van der Waals surface area contributed by atoms with Crippen LogP contribution in [0.3, 0.4) is 0 Å². The van der Waals surface area contributed by atoms with Gasteiger partial charge in [-0.15, -0.1) is 11.3 Å². The number of rotatable bonds is 4. The van der Waals surface area contributed by atoms with Gasteiger partial charge in [0.25, 0.3) is 0 Å². The lowest BCUT2D eigenvalue weighted by Gasteiger charge is -2.41. The molecule has 0 saturated carbocycles. The lowest BCUT2D eigenvalue weighted by Crippen LogP contribution is -2.60. The van der Waals surface area contributed by atoms with E-state index in [1.165, 1.54) is 0 Å². The second-order valence-electron chi connectivity index (χ2n) is 5.82. The minimum Gasteiger partial charge on any atom is -0.339 e. The molecule has 6 heteroatoms. The maximum Gasteiger partial charge on any atom is 0.242 e. The topological polar surface area (TPSA) is 48.5 Å². The molecular formula is C14H24N4OS. The Morgan fingerprint density at radius 3 is 2.70 bits per heavy atom. The van der Waals surface area contributed by atoms with Crippen molar-refractivity contribution in [3.8, 4) is 0 Å². The summed E-state index contributed by atoms with van der Waals surface area (Å²) in [6, 6.07) is 0. The van der Waals surface area contributed by atoms with Gasteiger partial charge in [-0.1, -0.05) is 0 Å². The highest BCUT2D eigenvalue weighted by atomic mass is 32.1. The average molecular weight is 296 g/mol. The fourth-order valence-electron chi connectivity index (χ4n) is 2.59. The van der Waals surface area contributed by atoms with Crippen LogP contribution in [0.25, 0.3) is 0 Å². The van der Waals surface area contributed by atoms with E-state index in [2.05, 4.69) is 15.2 Å². The normalized spacial score (nSPS) is 17.2. The Morgan fingerprint density at radius 2 is 2.15 bits per heavy atom. The molecule has 0 radical (unpaired) electrons. The first-order chi connectivity index (χ1) is 9.43. The zero-order valence-corrected chi connectivity index (χ0v) is 13.6. The Balaban J connectivity index is 2.03. The molecule has 1 aromatic rings. The molecule has 2 rings (SSSR count). The minimum atomic E-state index is -0.449. The predicted octanol–water partition coefficient (Wildman–Crippen LogP) is 1.09. The van der Waals surface area contributed by atoms with Crippen LogP contribution in [0.5, 0.6) is 0 Å². The summed E-state index contributed by atoms with van der Waals surface area (Å²) in [5.74, 6) is 0.173. The molecule has 1 saturated heterocycles. The van der Waals surface area contributed by atoms with Crippen molar-refractivity contribution >= 4 is 17.2 Å². The third kappa shape index (κ3) is 3.19. The smallest absolute Gasteiger partial charge is 0.242 e. The highest BCUT2D eigenvalue weighted by molar-refractivity contribution is 7.09. The van der Waals surface area contributed by atoms with Crippen molar-refractivity contribution in [2.75, 3.05) is 33.2 Å². The van der Waals surface area contributed by atoms with E-state index in [0.717, 1.165) is 36.8 Å². The fourth-order valence-corrected chi connectivity index (χ4v) is 3.42. The van der Waals surface area contributed by atoms with Crippen LogP contribution >= 0.6 is 11.3 Å². The van der Waals surface area contributed by atoms with Crippen LogP contribution in [0, 0.1) is 6.92 Å². The van der Waals surface area contributed by atoms with Crippen molar-refractivity contribution in [1.82, 2.24) is 20.1 Å². The second kappa shape index (κ2) is 6.20. The number of hydrogen-bond acceptors (Lipinski definition) is 5. The zero-order chi connectivity index (χ0) is 14.8. The lowest BCUT2D eigenvalue weighted by molar-refractivity contribution is -0.142. The standard InChI is InChI=1S/C14H24N4OS/c1-11-12(20-10-16-11)9-17(4)13(19)14(2,3)18-7-5-15-6-8-18/h10,15H,5-9H2,1-4H3. The van der Waals surface area contributed by atoms with E-state index in [1.54, 1.807) is 11.3 Å². The van der Waals surface area contributed by atoms with Crippen LogP contribution in [0.1, 0.15) is 24.4 Å². The van der Waals surface area contributed by atoms with Crippen LogP contribution in [-0.4, -0.2) is 59.5 Å². The van der Waals surface area contributed by atoms with Crippen molar-refractivity contribution in [1.29, 1.82) is 0 Å². The molecule has 1 fully saturated rings. The van der Waals surface area contributed by atoms with Gasteiger partial charge in [0.2, 0.25) is 5.91 Å². The number of piperazine rings is 1. The molecule has 0 aromatic carbocycles. The maximum absolute atomic E-state index is 12.7. The van der Waals surface area contributed by atoms with Gasteiger partial charge in [-0.05, 0) is 20.8 Å². The minimum absolute atomic E-state index is 0.173. The summed E-state index contributed by atoms with van der Waals surface area (Å²) in [5, 5.41) is 3.33. The molecule has 5 nitrogen and oxygen atoms in total. The second-order valence-corrected chi connectivity index (χ2v) is 6.76. The maximum atomic E-state index is 12.7. The Hall–Kier alpha value is -0.980. The molecule has 0 unspecified atom stereocenters. The number of carbonyl (C=O) groups excluding carboxylic acids is 1. The molecule has 1 N–H and O–H groups in total. The number of nitrogens with one attached hydrogen (secondary N) is 1. The summed E-state index contributed by atoms with van der Waals surface area (Å²) < 4.78 is 0. The van der Waals surface area contributed by atoms with E-state index in [0.29, 0.717) is 6.54 Å². The average Bonchev–Trinajstić information content (AvgIpc) is 2.84. The van der Waals surface area contributed by atoms with E-state index in [9.17, 15) is 4.79 Å². The third-order valence-electron chi connectivity index (χ3n) is 4.00. The quantitative estimate of drug-likeness (QED) is 0.904. The Morgan fingerprint density at radius 1 is 1.50 bits per heavy atom. The molecule has 1 amide bonds. The Kier molecular flexibility index (Phi) is 4.78.